The number of hydrogen-bond donors (Lipinski definition) is 0. The van der Waals surface area contributed by atoms with E-state index >= 15 is 0 Å². The number of benzene rings is 2. The van der Waals surface area contributed by atoms with E-state index in [1.54, 1.807) is 0 Å². The highest BCUT2D eigenvalue weighted by Crippen LogP contribution is 2.32. The summed E-state index contributed by atoms with van der Waals surface area (Å²) in [4.78, 5) is 38.7. The predicted octanol–water partition coefficient (Wildman–Crippen LogP) is 2.51. The highest BCUT2D eigenvalue weighted by atomic mass is 79.9. The molecule has 0 aliphatic heterocycles. The van der Waals surface area contributed by atoms with Gasteiger partial charge in [0.25, 0.3) is 5.91 Å². The van der Waals surface area contributed by atoms with Gasteiger partial charge >= 0.3 is 0 Å². The third kappa shape index (κ3) is 3.70. The summed E-state index contributed by atoms with van der Waals surface area (Å²) in [7, 11) is 1.48. The van der Waals surface area contributed by atoms with Crippen molar-refractivity contribution in [3.05, 3.63) is 67.2 Å². The first kappa shape index (κ1) is 21.5. The van der Waals surface area contributed by atoms with Crippen LogP contribution < -0.4 is 10.9 Å². The number of nitrogens with zero attached hydrogens (tertiary/aromatic N) is 1. The summed E-state index contributed by atoms with van der Waals surface area (Å²) in [6, 6.07) is 8.69. The van der Waals surface area contributed by atoms with Crippen molar-refractivity contribution < 1.29 is 18.0 Å². The van der Waals surface area contributed by atoms with E-state index < -0.39 is 37.5 Å². The maximum atomic E-state index is 13.4. The predicted molar refractivity (Wildman–Crippen MR) is 116 cm³/mol. The van der Waals surface area contributed by atoms with Gasteiger partial charge in [0.1, 0.15) is 13.4 Å². The monoisotopic (exact) mass is 491 g/mol. The molecule has 0 saturated heterocycles. The summed E-state index contributed by atoms with van der Waals surface area (Å²) in [5.41, 5.74) is -1.02. The number of fused-ring (bicyclic) bond motifs is 1. The van der Waals surface area contributed by atoms with Crippen molar-refractivity contribution in [2.24, 2.45) is 0 Å². The van der Waals surface area contributed by atoms with E-state index in [9.17, 15) is 22.8 Å². The number of rotatable bonds is 3. The third-order valence-corrected chi connectivity index (χ3v) is 6.28. The summed E-state index contributed by atoms with van der Waals surface area (Å²) in [5.74, 6) is -1.56. The fourth-order valence-corrected chi connectivity index (χ4v) is 4.88. The van der Waals surface area contributed by atoms with Gasteiger partial charge in [0.05, 0.1) is 15.9 Å². The largest absolute Gasteiger partial charge is 0.294 e. The molecule has 1 heterocycles. The van der Waals surface area contributed by atoms with Gasteiger partial charge in [0, 0.05) is 16.3 Å². The number of sulfone groups is 1. The van der Waals surface area contributed by atoms with Gasteiger partial charge in [-0.05, 0) is 35.0 Å². The zero-order valence-corrected chi connectivity index (χ0v) is 18.4. The molecule has 3 aromatic rings. The van der Waals surface area contributed by atoms with Gasteiger partial charge in [-0.1, -0.05) is 41.3 Å². The summed E-state index contributed by atoms with van der Waals surface area (Å²) < 4.78 is 26.4. The molecule has 1 aromatic heterocycles. The smallest absolute Gasteiger partial charge is 0.263 e. The normalized spacial score (nSPS) is 11.6. The minimum absolute atomic E-state index is 0.0189. The number of halogens is 2. The Hall–Kier alpha value is -2.23. The van der Waals surface area contributed by atoms with Crippen molar-refractivity contribution in [2.45, 2.75) is 11.9 Å². The van der Waals surface area contributed by atoms with Crippen molar-refractivity contribution in [3.63, 3.8) is 0 Å². The van der Waals surface area contributed by atoms with Crippen molar-refractivity contribution in [2.75, 3.05) is 6.26 Å². The van der Waals surface area contributed by atoms with Crippen molar-refractivity contribution >= 4 is 73.3 Å². The van der Waals surface area contributed by atoms with E-state index in [-0.39, 0.29) is 26.0 Å². The van der Waals surface area contributed by atoms with E-state index in [0.29, 0.717) is 5.46 Å². The highest BCUT2D eigenvalue weighted by molar-refractivity contribution is 9.10. The number of ketones is 1. The molecule has 0 N–H and O–H groups in total. The Balaban J connectivity index is 2.66. The SMILES string of the molecule is [B]c1ccc(C(=O)n2c(S(C)(=O)=O)c(C(C)=O)c(=O)c3c(Cl)ccc(Br)c32)cc1. The van der Waals surface area contributed by atoms with Crippen LogP contribution in [-0.2, 0) is 9.84 Å². The van der Waals surface area contributed by atoms with E-state index in [4.69, 9.17) is 19.4 Å². The fourth-order valence-electron chi connectivity index (χ4n) is 3.02. The zero-order chi connectivity index (χ0) is 21.7. The standard InChI is InChI=1S/C19H12BBrClNO5S/c1-9(24)14-17(25)15-13(22)8-7-12(21)16(15)23(19(14)29(2,27)28)18(26)10-3-5-11(20)6-4-10/h3-8H,1-2H3. The van der Waals surface area contributed by atoms with Gasteiger partial charge in [-0.2, -0.15) is 0 Å². The number of pyridine rings is 1. The van der Waals surface area contributed by atoms with Crippen LogP contribution in [0.3, 0.4) is 0 Å². The topological polar surface area (TPSA) is 90.3 Å². The second-order valence-corrected chi connectivity index (χ2v) is 9.55. The molecule has 146 valence electrons. The second-order valence-electron chi connectivity index (χ2n) is 6.35. The Kier molecular flexibility index (Phi) is 5.59. The van der Waals surface area contributed by atoms with Crippen molar-refractivity contribution in [1.82, 2.24) is 4.57 Å². The van der Waals surface area contributed by atoms with Crippen LogP contribution in [0.1, 0.15) is 27.6 Å². The Morgan fingerprint density at radius 3 is 2.21 bits per heavy atom. The lowest BCUT2D eigenvalue weighted by Crippen LogP contribution is -2.29. The van der Waals surface area contributed by atoms with Gasteiger partial charge in [-0.25, -0.2) is 8.42 Å². The van der Waals surface area contributed by atoms with Crippen LogP contribution in [0.4, 0.5) is 0 Å². The molecule has 0 saturated carbocycles. The summed E-state index contributed by atoms with van der Waals surface area (Å²) in [6.45, 7) is 1.06. The van der Waals surface area contributed by atoms with Crippen LogP contribution in [0.25, 0.3) is 10.9 Å². The van der Waals surface area contributed by atoms with E-state index in [0.717, 1.165) is 17.7 Å². The molecule has 0 spiro atoms. The van der Waals surface area contributed by atoms with Gasteiger partial charge < -0.3 is 0 Å². The Morgan fingerprint density at radius 1 is 1.10 bits per heavy atom. The molecule has 0 bridgehead atoms. The number of carbonyl (C=O) groups excluding carboxylic acids is 2. The fraction of sp³-hybridized carbons (Fsp3) is 0.105. The molecule has 10 heteroatoms. The molecule has 0 fully saturated rings. The lowest BCUT2D eigenvalue weighted by Gasteiger charge is -2.19. The minimum Gasteiger partial charge on any atom is -0.294 e. The highest BCUT2D eigenvalue weighted by Gasteiger charge is 2.31. The first-order chi connectivity index (χ1) is 13.4. The molecule has 0 atom stereocenters. The average molecular weight is 493 g/mol. The zero-order valence-electron chi connectivity index (χ0n) is 15.2. The molecule has 0 unspecified atom stereocenters. The van der Waals surface area contributed by atoms with E-state index in [1.807, 2.05) is 0 Å². The quantitative estimate of drug-likeness (QED) is 0.414. The number of Topliss-reactive ketones (excluding diaryl/α,β-unsaturated/α-hetero) is 1. The Bertz CT molecular complexity index is 1360. The lowest BCUT2D eigenvalue weighted by molar-refractivity contribution is 0.0952. The number of hydrogen-bond acceptors (Lipinski definition) is 5. The lowest BCUT2D eigenvalue weighted by atomic mass is 9.95. The maximum absolute atomic E-state index is 13.4. The van der Waals surface area contributed by atoms with Crippen LogP contribution in [-0.4, -0.2) is 38.8 Å². The summed E-state index contributed by atoms with van der Waals surface area (Å²) in [6.07, 6.45) is 0.825. The van der Waals surface area contributed by atoms with Crippen molar-refractivity contribution in [3.8, 4) is 0 Å². The van der Waals surface area contributed by atoms with Gasteiger partial charge in [0.15, 0.2) is 20.6 Å². The number of aromatic nitrogens is 1. The van der Waals surface area contributed by atoms with Crippen LogP contribution in [0.2, 0.25) is 5.02 Å². The maximum Gasteiger partial charge on any atom is 0.263 e. The molecule has 3 rings (SSSR count). The molecule has 0 amide bonds. The molecule has 6 nitrogen and oxygen atoms in total. The van der Waals surface area contributed by atoms with Crippen LogP contribution >= 0.6 is 27.5 Å². The molecule has 29 heavy (non-hydrogen) atoms. The van der Waals surface area contributed by atoms with Crippen molar-refractivity contribution in [1.29, 1.82) is 0 Å². The molecule has 0 aliphatic carbocycles. The first-order valence-electron chi connectivity index (χ1n) is 8.13. The van der Waals surface area contributed by atoms with E-state index in [1.165, 1.54) is 36.4 Å². The van der Waals surface area contributed by atoms with E-state index in [2.05, 4.69) is 15.9 Å². The molecule has 2 aromatic carbocycles. The Morgan fingerprint density at radius 2 is 1.69 bits per heavy atom. The number of carbonyl (C=O) groups is 2. The van der Waals surface area contributed by atoms with Crippen LogP contribution in [0.5, 0.6) is 0 Å². The molecule has 2 radical (unpaired) electrons. The first-order valence-corrected chi connectivity index (χ1v) is 11.2. The molecular formula is C19H12BBrClNO5S. The molecular weight excluding hydrogens is 480 g/mol. The van der Waals surface area contributed by atoms with Crippen LogP contribution in [0.15, 0.2) is 50.7 Å². The minimum atomic E-state index is -4.18. The Labute approximate surface area is 180 Å². The van der Waals surface area contributed by atoms with Gasteiger partial charge in [-0.15, -0.1) is 0 Å². The molecule has 0 aliphatic rings. The van der Waals surface area contributed by atoms with Gasteiger partial charge in [0.2, 0.25) is 5.43 Å². The van der Waals surface area contributed by atoms with Gasteiger partial charge in [-0.3, -0.25) is 19.0 Å². The van der Waals surface area contributed by atoms with Crippen LogP contribution in [0, 0.1) is 0 Å². The average Bonchev–Trinajstić information content (AvgIpc) is 2.63. The summed E-state index contributed by atoms with van der Waals surface area (Å²) in [5, 5.41) is -0.843. The second kappa shape index (κ2) is 7.55. The third-order valence-electron chi connectivity index (χ3n) is 4.24. The summed E-state index contributed by atoms with van der Waals surface area (Å²) >= 11 is 9.46.